The van der Waals surface area contributed by atoms with Gasteiger partial charge in [-0.05, 0) is 45.5 Å². The number of carbonyl (C=O) groups is 4. The molecule has 7 rings (SSSR count). The van der Waals surface area contributed by atoms with Crippen molar-refractivity contribution in [2.45, 2.75) is 31.2 Å². The lowest BCUT2D eigenvalue weighted by Crippen LogP contribution is -2.38. The van der Waals surface area contributed by atoms with Crippen LogP contribution in [-0.4, -0.2) is 52.9 Å². The fourth-order valence-electron chi connectivity index (χ4n) is 7.29. The molecular formula is C51H43N3O9S. The second kappa shape index (κ2) is 20.8. The summed E-state index contributed by atoms with van der Waals surface area (Å²) < 4.78 is 16.6. The molecule has 13 heteroatoms. The summed E-state index contributed by atoms with van der Waals surface area (Å²) in [6.45, 7) is 1.82. The van der Waals surface area contributed by atoms with Crippen molar-refractivity contribution >= 4 is 46.1 Å². The van der Waals surface area contributed by atoms with Gasteiger partial charge < -0.3 is 29.5 Å². The number of esters is 3. The van der Waals surface area contributed by atoms with Crippen molar-refractivity contribution in [1.82, 2.24) is 4.98 Å². The molecule has 1 atom stereocenters. The minimum Gasteiger partial charge on any atom is -0.476 e. The SMILES string of the molecule is CC(=O)Oc1ccc([C@@H](CO/N=C(\C(=O)O)c2csc(NC(c3ccccc3)(c3ccccc3)c3ccccc3)n2)C(=O)OCC(c2ccccc2)c2ccccc2)cc1OC(C)=O. The van der Waals surface area contributed by atoms with Crippen LogP contribution in [0, 0.1) is 0 Å². The normalized spacial score (nSPS) is 11.9. The van der Waals surface area contributed by atoms with Crippen LogP contribution in [0.15, 0.2) is 180 Å². The van der Waals surface area contributed by atoms with Gasteiger partial charge in [0.25, 0.3) is 0 Å². The number of thiazole rings is 1. The summed E-state index contributed by atoms with van der Waals surface area (Å²) in [5.74, 6) is -5.26. The Hall–Kier alpha value is -7.90. The molecule has 7 aromatic rings. The number of carbonyl (C=O) groups excluding carboxylic acids is 3. The highest BCUT2D eigenvalue weighted by atomic mass is 32.1. The molecule has 0 aliphatic rings. The number of carboxylic acids is 1. The van der Waals surface area contributed by atoms with E-state index in [9.17, 15) is 24.3 Å². The van der Waals surface area contributed by atoms with Crippen LogP contribution in [-0.2, 0) is 34.3 Å². The van der Waals surface area contributed by atoms with Gasteiger partial charge in [-0.15, -0.1) is 11.3 Å². The van der Waals surface area contributed by atoms with Crippen LogP contribution < -0.4 is 14.8 Å². The van der Waals surface area contributed by atoms with Gasteiger partial charge in [0.15, 0.2) is 16.6 Å². The van der Waals surface area contributed by atoms with Gasteiger partial charge in [0.1, 0.15) is 30.4 Å². The van der Waals surface area contributed by atoms with Gasteiger partial charge in [0.2, 0.25) is 5.71 Å². The van der Waals surface area contributed by atoms with Crippen molar-refractivity contribution in [3.8, 4) is 11.5 Å². The highest BCUT2D eigenvalue weighted by molar-refractivity contribution is 7.14. The molecule has 0 radical (unpaired) electrons. The maximum atomic E-state index is 14.2. The van der Waals surface area contributed by atoms with Crippen molar-refractivity contribution in [2.75, 3.05) is 18.5 Å². The topological polar surface area (TPSA) is 163 Å². The fourth-order valence-corrected chi connectivity index (χ4v) is 8.04. The molecule has 0 aliphatic carbocycles. The van der Waals surface area contributed by atoms with E-state index in [0.717, 1.165) is 27.8 Å². The Morgan fingerprint density at radius 2 is 1.12 bits per heavy atom. The number of hydrogen-bond acceptors (Lipinski definition) is 12. The lowest BCUT2D eigenvalue weighted by atomic mass is 9.77. The van der Waals surface area contributed by atoms with E-state index in [1.165, 1.54) is 43.4 Å². The van der Waals surface area contributed by atoms with Crippen LogP contribution in [0.2, 0.25) is 0 Å². The quantitative estimate of drug-likeness (QED) is 0.0278. The van der Waals surface area contributed by atoms with Crippen LogP contribution in [0.4, 0.5) is 5.13 Å². The lowest BCUT2D eigenvalue weighted by molar-refractivity contribution is -0.147. The predicted molar refractivity (Wildman–Crippen MR) is 243 cm³/mol. The molecule has 0 bridgehead atoms. The number of ether oxygens (including phenoxy) is 3. The summed E-state index contributed by atoms with van der Waals surface area (Å²) in [6, 6.07) is 53.0. The molecule has 2 N–H and O–H groups in total. The molecule has 6 aromatic carbocycles. The van der Waals surface area contributed by atoms with Gasteiger partial charge in [-0.3, -0.25) is 14.4 Å². The van der Waals surface area contributed by atoms with Crippen molar-refractivity contribution in [3.05, 3.63) is 214 Å². The van der Waals surface area contributed by atoms with Gasteiger partial charge in [0, 0.05) is 25.1 Å². The molecule has 0 aliphatic heterocycles. The summed E-state index contributed by atoms with van der Waals surface area (Å²) in [5.41, 5.74) is 3.42. The van der Waals surface area contributed by atoms with Gasteiger partial charge >= 0.3 is 23.9 Å². The van der Waals surface area contributed by atoms with Crippen LogP contribution in [0.3, 0.4) is 0 Å². The minimum absolute atomic E-state index is 0.0126. The predicted octanol–water partition coefficient (Wildman–Crippen LogP) is 9.36. The van der Waals surface area contributed by atoms with Crippen LogP contribution in [0.5, 0.6) is 11.5 Å². The molecule has 0 fully saturated rings. The number of rotatable bonds is 18. The summed E-state index contributed by atoms with van der Waals surface area (Å²) in [5, 5.41) is 20.0. The van der Waals surface area contributed by atoms with Crippen molar-refractivity contribution in [3.63, 3.8) is 0 Å². The monoisotopic (exact) mass is 873 g/mol. The molecule has 0 saturated carbocycles. The third kappa shape index (κ3) is 10.6. The first-order valence-electron chi connectivity index (χ1n) is 20.2. The fraction of sp³-hybridized carbons (Fsp3) is 0.137. The van der Waals surface area contributed by atoms with E-state index in [0.29, 0.717) is 5.13 Å². The molecule has 0 saturated heterocycles. The van der Waals surface area contributed by atoms with Gasteiger partial charge in [-0.25, -0.2) is 9.78 Å². The number of aliphatic carboxylic acids is 1. The maximum absolute atomic E-state index is 14.2. The molecule has 1 aromatic heterocycles. The molecule has 64 heavy (non-hydrogen) atoms. The second-order valence-electron chi connectivity index (χ2n) is 14.5. The number of carboxylic acid groups (broad SMARTS) is 1. The van der Waals surface area contributed by atoms with Crippen LogP contribution >= 0.6 is 11.3 Å². The van der Waals surface area contributed by atoms with Crippen LogP contribution in [0.25, 0.3) is 0 Å². The lowest BCUT2D eigenvalue weighted by Gasteiger charge is -2.36. The molecular weight excluding hydrogens is 831 g/mol. The molecule has 0 amide bonds. The van der Waals surface area contributed by atoms with E-state index in [2.05, 4.69) is 10.5 Å². The molecule has 1 heterocycles. The zero-order valence-electron chi connectivity index (χ0n) is 34.8. The highest BCUT2D eigenvalue weighted by Crippen LogP contribution is 2.41. The molecule has 0 unspecified atom stereocenters. The number of nitrogens with zero attached hydrogens (tertiary/aromatic N) is 2. The standard InChI is InChI=1S/C51H43N3O9S/c1-34(55)62-45-29-28-38(30-46(45)63-35(2)56)43(49(59)60-31-42(36-18-8-3-9-19-36)37-20-10-4-11-21-37)32-61-54-47(48(57)58)44-33-64-50(52-44)53-51(39-22-12-5-13-23-39,40-24-14-6-15-25-40)41-26-16-7-17-27-41/h3-30,33,42-43H,31-32H2,1-2H3,(H,52,53)(H,57,58)/b54-47-/t43-/m1/s1. The van der Waals surface area contributed by atoms with E-state index in [1.807, 2.05) is 152 Å². The highest BCUT2D eigenvalue weighted by Gasteiger charge is 2.37. The molecule has 322 valence electrons. The number of hydrogen-bond donors (Lipinski definition) is 2. The van der Waals surface area contributed by atoms with E-state index < -0.39 is 47.7 Å². The Balaban J connectivity index is 1.20. The van der Waals surface area contributed by atoms with Gasteiger partial charge in [0.05, 0.1) is 0 Å². The largest absolute Gasteiger partial charge is 0.476 e. The Morgan fingerprint density at radius 1 is 0.641 bits per heavy atom. The molecule has 12 nitrogen and oxygen atoms in total. The number of nitrogens with one attached hydrogen (secondary N) is 1. The average molecular weight is 874 g/mol. The average Bonchev–Trinajstić information content (AvgIpc) is 3.77. The smallest absolute Gasteiger partial charge is 0.360 e. The first-order chi connectivity index (χ1) is 31.1. The zero-order valence-corrected chi connectivity index (χ0v) is 35.6. The van der Waals surface area contributed by atoms with Crippen LogP contribution in [0.1, 0.15) is 64.8 Å². The zero-order chi connectivity index (χ0) is 44.9. The number of oxime groups is 1. The van der Waals surface area contributed by atoms with Crippen molar-refractivity contribution < 1.29 is 43.3 Å². The first-order valence-corrected chi connectivity index (χ1v) is 21.1. The van der Waals surface area contributed by atoms with E-state index >= 15 is 0 Å². The summed E-state index contributed by atoms with van der Waals surface area (Å²) in [6.07, 6.45) is 0. The summed E-state index contributed by atoms with van der Waals surface area (Å²) in [4.78, 5) is 61.4. The Bertz CT molecular complexity index is 2580. The second-order valence-corrected chi connectivity index (χ2v) is 15.4. The summed E-state index contributed by atoms with van der Waals surface area (Å²) in [7, 11) is 0. The Kier molecular flexibility index (Phi) is 14.3. The minimum atomic E-state index is -1.42. The van der Waals surface area contributed by atoms with E-state index in [-0.39, 0.29) is 35.3 Å². The van der Waals surface area contributed by atoms with Gasteiger partial charge in [-0.1, -0.05) is 163 Å². The van der Waals surface area contributed by atoms with E-state index in [4.69, 9.17) is 24.0 Å². The Labute approximate surface area is 373 Å². The number of benzene rings is 6. The van der Waals surface area contributed by atoms with Gasteiger partial charge in [-0.2, -0.15) is 0 Å². The molecule has 0 spiro atoms. The van der Waals surface area contributed by atoms with E-state index in [1.54, 1.807) is 5.38 Å². The third-order valence-electron chi connectivity index (χ3n) is 10.2. The number of anilines is 1. The van der Waals surface area contributed by atoms with Crippen molar-refractivity contribution in [1.29, 1.82) is 0 Å². The third-order valence-corrected chi connectivity index (χ3v) is 11.0. The maximum Gasteiger partial charge on any atom is 0.360 e. The number of aromatic nitrogens is 1. The summed E-state index contributed by atoms with van der Waals surface area (Å²) >= 11 is 1.19. The van der Waals surface area contributed by atoms with Crippen molar-refractivity contribution in [2.24, 2.45) is 5.16 Å². The first kappa shape index (κ1) is 44.2. The Morgan fingerprint density at radius 3 is 1.61 bits per heavy atom.